The van der Waals surface area contributed by atoms with Crippen LogP contribution in [0.4, 0.5) is 0 Å². The molecule has 1 rings (SSSR count). The van der Waals surface area contributed by atoms with E-state index in [1.54, 1.807) is 21.3 Å². The Labute approximate surface area is 114 Å². The van der Waals surface area contributed by atoms with Crippen LogP contribution in [0, 0.1) is 0 Å². The maximum absolute atomic E-state index is 5.89. The topological polar surface area (TPSA) is 49.0 Å². The first-order valence-corrected chi connectivity index (χ1v) is 6.32. The van der Waals surface area contributed by atoms with Crippen molar-refractivity contribution in [2.24, 2.45) is 0 Å². The van der Waals surface area contributed by atoms with Crippen molar-refractivity contribution < 1.29 is 18.9 Å². The molecule has 1 N–H and O–H groups in total. The van der Waals surface area contributed by atoms with Crippen molar-refractivity contribution >= 4 is 0 Å². The quantitative estimate of drug-likeness (QED) is 0.739. The Morgan fingerprint density at radius 3 is 2.05 bits per heavy atom. The molecule has 0 aliphatic carbocycles. The van der Waals surface area contributed by atoms with Crippen LogP contribution in [0.3, 0.4) is 0 Å². The van der Waals surface area contributed by atoms with Crippen molar-refractivity contribution in [3.63, 3.8) is 0 Å². The van der Waals surface area contributed by atoms with Crippen molar-refractivity contribution in [1.29, 1.82) is 0 Å². The smallest absolute Gasteiger partial charge is 0.134 e. The number of methoxy groups -OCH3 is 3. The highest BCUT2D eigenvalue weighted by Gasteiger charge is 2.11. The maximum Gasteiger partial charge on any atom is 0.134 e. The number of nitrogens with one attached hydrogen (secondary N) is 1. The van der Waals surface area contributed by atoms with Crippen molar-refractivity contribution in [3.05, 3.63) is 18.2 Å². The fraction of sp³-hybridized carbons (Fsp3) is 0.571. The van der Waals surface area contributed by atoms with E-state index in [4.69, 9.17) is 18.9 Å². The van der Waals surface area contributed by atoms with Gasteiger partial charge in [-0.2, -0.15) is 0 Å². The van der Waals surface area contributed by atoms with Crippen LogP contribution in [0.15, 0.2) is 18.2 Å². The molecular formula is C14H23NO4. The van der Waals surface area contributed by atoms with E-state index in [1.165, 1.54) is 0 Å². The van der Waals surface area contributed by atoms with E-state index in [0.717, 1.165) is 13.1 Å². The maximum atomic E-state index is 5.89. The van der Waals surface area contributed by atoms with E-state index in [0.29, 0.717) is 23.9 Å². The first-order valence-electron chi connectivity index (χ1n) is 6.32. The Kier molecular flexibility index (Phi) is 7.07. The summed E-state index contributed by atoms with van der Waals surface area (Å²) >= 11 is 0. The summed E-state index contributed by atoms with van der Waals surface area (Å²) in [6.07, 6.45) is -0.0539. The third-order valence-corrected chi connectivity index (χ3v) is 2.60. The molecule has 0 saturated carbocycles. The molecule has 1 aromatic carbocycles. The standard InChI is InChI=1S/C14H23NO4/c1-5-15-9-14(10-16-2)19-13-7-11(17-3)6-12(8-13)18-4/h6-8,14-15H,5,9-10H2,1-4H3. The van der Waals surface area contributed by atoms with Gasteiger partial charge in [0.25, 0.3) is 0 Å². The van der Waals surface area contributed by atoms with Crippen LogP contribution in [-0.2, 0) is 4.74 Å². The Morgan fingerprint density at radius 2 is 1.58 bits per heavy atom. The van der Waals surface area contributed by atoms with Crippen LogP contribution in [-0.4, -0.2) is 47.1 Å². The van der Waals surface area contributed by atoms with Gasteiger partial charge in [0.2, 0.25) is 0 Å². The first-order chi connectivity index (χ1) is 9.23. The van der Waals surface area contributed by atoms with E-state index in [1.807, 2.05) is 18.2 Å². The molecule has 0 bridgehead atoms. The normalized spacial score (nSPS) is 12.0. The minimum Gasteiger partial charge on any atom is -0.496 e. The summed E-state index contributed by atoms with van der Waals surface area (Å²) in [6, 6.07) is 5.47. The van der Waals surface area contributed by atoms with Crippen molar-refractivity contribution in [2.75, 3.05) is 41.0 Å². The van der Waals surface area contributed by atoms with Gasteiger partial charge in [0.05, 0.1) is 20.8 Å². The molecule has 1 atom stereocenters. The predicted molar refractivity (Wildman–Crippen MR) is 74.4 cm³/mol. The number of likely N-dealkylation sites (N-methyl/N-ethyl adjacent to an activating group) is 1. The molecule has 0 spiro atoms. The Bertz CT molecular complexity index is 348. The van der Waals surface area contributed by atoms with Gasteiger partial charge in [-0.25, -0.2) is 0 Å². The average molecular weight is 269 g/mol. The zero-order valence-electron chi connectivity index (χ0n) is 12.1. The van der Waals surface area contributed by atoms with Crippen molar-refractivity contribution in [1.82, 2.24) is 5.32 Å². The third-order valence-electron chi connectivity index (χ3n) is 2.60. The fourth-order valence-corrected chi connectivity index (χ4v) is 1.67. The number of rotatable bonds is 9. The van der Waals surface area contributed by atoms with Crippen molar-refractivity contribution in [3.8, 4) is 17.2 Å². The zero-order chi connectivity index (χ0) is 14.1. The molecule has 0 saturated heterocycles. The minimum absolute atomic E-state index is 0.0539. The number of benzene rings is 1. The summed E-state index contributed by atoms with van der Waals surface area (Å²) in [5.41, 5.74) is 0. The van der Waals surface area contributed by atoms with E-state index in [2.05, 4.69) is 12.2 Å². The lowest BCUT2D eigenvalue weighted by atomic mass is 10.3. The van der Waals surface area contributed by atoms with Gasteiger partial charge in [0, 0.05) is 31.9 Å². The van der Waals surface area contributed by atoms with Crippen LogP contribution in [0.25, 0.3) is 0 Å². The highest BCUT2D eigenvalue weighted by atomic mass is 16.5. The Balaban J connectivity index is 2.76. The predicted octanol–water partition coefficient (Wildman–Crippen LogP) is 1.71. The SMILES string of the molecule is CCNCC(COC)Oc1cc(OC)cc(OC)c1. The number of hydrogen-bond donors (Lipinski definition) is 1. The van der Waals surface area contributed by atoms with Gasteiger partial charge in [-0.05, 0) is 6.54 Å². The second-order valence-electron chi connectivity index (χ2n) is 4.05. The van der Waals surface area contributed by atoms with Crippen LogP contribution in [0.2, 0.25) is 0 Å². The summed E-state index contributed by atoms with van der Waals surface area (Å²) < 4.78 is 21.5. The Hall–Kier alpha value is -1.46. The van der Waals surface area contributed by atoms with Gasteiger partial charge in [-0.3, -0.25) is 0 Å². The number of hydrogen-bond acceptors (Lipinski definition) is 5. The van der Waals surface area contributed by atoms with E-state index in [9.17, 15) is 0 Å². The summed E-state index contributed by atoms with van der Waals surface area (Å²) in [4.78, 5) is 0. The molecular weight excluding hydrogens is 246 g/mol. The molecule has 0 heterocycles. The molecule has 5 nitrogen and oxygen atoms in total. The van der Waals surface area contributed by atoms with Gasteiger partial charge >= 0.3 is 0 Å². The lowest BCUT2D eigenvalue weighted by molar-refractivity contribution is 0.0806. The lowest BCUT2D eigenvalue weighted by Crippen LogP contribution is -2.34. The summed E-state index contributed by atoms with van der Waals surface area (Å²) in [5, 5.41) is 3.24. The van der Waals surface area contributed by atoms with Crippen LogP contribution in [0.1, 0.15) is 6.92 Å². The summed E-state index contributed by atoms with van der Waals surface area (Å²) in [5.74, 6) is 2.11. The third kappa shape index (κ3) is 5.36. The van der Waals surface area contributed by atoms with Gasteiger partial charge in [-0.15, -0.1) is 0 Å². The highest BCUT2D eigenvalue weighted by Crippen LogP contribution is 2.28. The van der Waals surface area contributed by atoms with Gasteiger partial charge < -0.3 is 24.3 Å². The number of ether oxygens (including phenoxy) is 4. The lowest BCUT2D eigenvalue weighted by Gasteiger charge is -2.19. The van der Waals surface area contributed by atoms with E-state index >= 15 is 0 Å². The first kappa shape index (κ1) is 15.6. The molecule has 0 fully saturated rings. The molecule has 1 aromatic rings. The minimum atomic E-state index is -0.0539. The van der Waals surface area contributed by atoms with Crippen LogP contribution in [0.5, 0.6) is 17.2 Å². The second-order valence-corrected chi connectivity index (χ2v) is 4.05. The van der Waals surface area contributed by atoms with Gasteiger partial charge in [-0.1, -0.05) is 6.92 Å². The second kappa shape index (κ2) is 8.61. The van der Waals surface area contributed by atoms with Crippen molar-refractivity contribution in [2.45, 2.75) is 13.0 Å². The molecule has 19 heavy (non-hydrogen) atoms. The molecule has 0 aromatic heterocycles. The molecule has 0 aliphatic heterocycles. The molecule has 1 unspecified atom stereocenters. The van der Waals surface area contributed by atoms with Gasteiger partial charge in [0.1, 0.15) is 23.4 Å². The van der Waals surface area contributed by atoms with Gasteiger partial charge in [0.15, 0.2) is 0 Å². The molecule has 0 amide bonds. The largest absolute Gasteiger partial charge is 0.496 e. The zero-order valence-corrected chi connectivity index (χ0v) is 12.1. The Morgan fingerprint density at radius 1 is 1.00 bits per heavy atom. The molecule has 0 radical (unpaired) electrons. The monoisotopic (exact) mass is 269 g/mol. The average Bonchev–Trinajstić information content (AvgIpc) is 2.44. The summed E-state index contributed by atoms with van der Waals surface area (Å²) in [7, 11) is 4.89. The van der Waals surface area contributed by atoms with E-state index < -0.39 is 0 Å². The van der Waals surface area contributed by atoms with E-state index in [-0.39, 0.29) is 6.10 Å². The molecule has 0 aliphatic rings. The molecule has 5 heteroatoms. The van der Waals surface area contributed by atoms with Crippen LogP contribution < -0.4 is 19.5 Å². The fourth-order valence-electron chi connectivity index (χ4n) is 1.67. The summed E-state index contributed by atoms with van der Waals surface area (Å²) in [6.45, 7) is 4.19. The highest BCUT2D eigenvalue weighted by molar-refractivity contribution is 5.42. The molecule has 108 valence electrons. The van der Waals surface area contributed by atoms with Crippen LogP contribution >= 0.6 is 0 Å².